The zero-order valence-corrected chi connectivity index (χ0v) is 18.2. The quantitative estimate of drug-likeness (QED) is 0.498. The average molecular weight is 440 g/mol. The molecule has 4 aromatic rings. The number of hydrogen-bond donors (Lipinski definition) is 2. The van der Waals surface area contributed by atoms with Crippen molar-refractivity contribution in [1.29, 1.82) is 0 Å². The van der Waals surface area contributed by atoms with Crippen LogP contribution in [-0.4, -0.2) is 43.6 Å². The Hall–Kier alpha value is -2.77. The highest BCUT2D eigenvalue weighted by Crippen LogP contribution is 2.26. The largest absolute Gasteiger partial charge is 0.326 e. The molecule has 8 heteroatoms. The van der Waals surface area contributed by atoms with Crippen LogP contribution in [0.2, 0.25) is 5.02 Å². The Morgan fingerprint density at radius 1 is 0.968 bits per heavy atom. The second kappa shape index (κ2) is 8.05. The molecule has 0 radical (unpaired) electrons. The number of nitrogens with zero attached hydrogens (tertiary/aromatic N) is 3. The van der Waals surface area contributed by atoms with Gasteiger partial charge in [0, 0.05) is 37.2 Å². The normalized spacial score (nSPS) is 17.0. The minimum Gasteiger partial charge on any atom is -0.306 e. The lowest BCUT2D eigenvalue weighted by atomic mass is 10.0. The smallest absolute Gasteiger partial charge is 0.306 e. The second-order valence-corrected chi connectivity index (χ2v) is 9.09. The van der Waals surface area contributed by atoms with Gasteiger partial charge in [-0.15, -0.1) is 0 Å². The van der Waals surface area contributed by atoms with E-state index in [0.29, 0.717) is 17.5 Å². The molecule has 0 saturated carbocycles. The fraction of sp³-hybridized carbons (Fsp3) is 0.391. The zero-order chi connectivity index (χ0) is 21.5. The molecule has 2 aromatic carbocycles. The molecule has 0 amide bonds. The average Bonchev–Trinajstić information content (AvgIpc) is 3.24. The summed E-state index contributed by atoms with van der Waals surface area (Å²) < 4.78 is 3.72. The number of benzene rings is 2. The molecule has 3 heterocycles. The summed E-state index contributed by atoms with van der Waals surface area (Å²) in [7, 11) is 0. The summed E-state index contributed by atoms with van der Waals surface area (Å²) in [6, 6.07) is 13.6. The lowest BCUT2D eigenvalue weighted by molar-refractivity contribution is 0.161. The van der Waals surface area contributed by atoms with Crippen molar-refractivity contribution in [3.8, 4) is 0 Å². The molecular formula is C23H26ClN5O2. The van der Waals surface area contributed by atoms with Gasteiger partial charge in [0.2, 0.25) is 0 Å². The molecule has 1 fully saturated rings. The van der Waals surface area contributed by atoms with Crippen LogP contribution in [0.4, 0.5) is 0 Å². The van der Waals surface area contributed by atoms with Crippen molar-refractivity contribution in [1.82, 2.24) is 24.0 Å². The standard InChI is InChI=1S/C23H26ClN5O2/c1-15(14-28-20-5-3-2-4-18(20)25-22(28)30)13-27-10-8-17(9-11-27)29-21-7-6-16(24)12-19(21)26-23(29)31/h2-7,12,15,17H,8-11,13-14H2,1H3,(H,25,30)(H,26,31). The molecule has 31 heavy (non-hydrogen) atoms. The number of para-hydroxylation sites is 2. The molecule has 7 nitrogen and oxygen atoms in total. The lowest BCUT2D eigenvalue weighted by Gasteiger charge is -2.34. The maximum Gasteiger partial charge on any atom is 0.326 e. The van der Waals surface area contributed by atoms with Gasteiger partial charge in [0.15, 0.2) is 0 Å². The number of fused-ring (bicyclic) bond motifs is 2. The van der Waals surface area contributed by atoms with E-state index in [0.717, 1.165) is 54.5 Å². The maximum atomic E-state index is 12.5. The van der Waals surface area contributed by atoms with Crippen LogP contribution in [0.3, 0.4) is 0 Å². The maximum absolute atomic E-state index is 12.5. The number of likely N-dealkylation sites (tertiary alicyclic amines) is 1. The van der Waals surface area contributed by atoms with E-state index >= 15 is 0 Å². The third kappa shape index (κ3) is 3.83. The summed E-state index contributed by atoms with van der Waals surface area (Å²) in [5.74, 6) is 0.339. The van der Waals surface area contributed by atoms with Gasteiger partial charge in [0.1, 0.15) is 0 Å². The van der Waals surface area contributed by atoms with E-state index in [1.807, 2.05) is 45.5 Å². The molecule has 0 bridgehead atoms. The fourth-order valence-corrected chi connectivity index (χ4v) is 5.10. The zero-order valence-electron chi connectivity index (χ0n) is 17.5. The van der Waals surface area contributed by atoms with Crippen molar-refractivity contribution in [3.05, 3.63) is 68.5 Å². The van der Waals surface area contributed by atoms with E-state index < -0.39 is 0 Å². The Balaban J connectivity index is 1.24. The number of aromatic nitrogens is 4. The number of piperidine rings is 1. The summed E-state index contributed by atoms with van der Waals surface area (Å²) in [4.78, 5) is 33.2. The molecular weight excluding hydrogens is 414 g/mol. The predicted molar refractivity (Wildman–Crippen MR) is 124 cm³/mol. The van der Waals surface area contributed by atoms with Crippen molar-refractivity contribution < 1.29 is 0 Å². The molecule has 2 aromatic heterocycles. The van der Waals surface area contributed by atoms with E-state index in [2.05, 4.69) is 21.8 Å². The van der Waals surface area contributed by atoms with E-state index in [-0.39, 0.29) is 17.4 Å². The molecule has 1 atom stereocenters. The number of H-pyrrole nitrogens is 2. The third-order valence-corrected chi connectivity index (χ3v) is 6.58. The van der Waals surface area contributed by atoms with Crippen molar-refractivity contribution >= 4 is 33.7 Å². The molecule has 1 unspecified atom stereocenters. The van der Waals surface area contributed by atoms with Crippen molar-refractivity contribution in [2.45, 2.75) is 32.4 Å². The summed E-state index contributed by atoms with van der Waals surface area (Å²) in [5, 5.41) is 0.624. The van der Waals surface area contributed by atoms with Gasteiger partial charge in [0.25, 0.3) is 0 Å². The van der Waals surface area contributed by atoms with Crippen LogP contribution in [-0.2, 0) is 6.54 Å². The second-order valence-electron chi connectivity index (χ2n) is 8.66. The molecule has 1 saturated heterocycles. The SMILES string of the molecule is CC(CN1CCC(n2c(=O)[nH]c3cc(Cl)ccc32)CC1)Cn1c(=O)[nH]c2ccccc21. The van der Waals surface area contributed by atoms with Crippen LogP contribution in [0.15, 0.2) is 52.1 Å². The van der Waals surface area contributed by atoms with Gasteiger partial charge in [-0.2, -0.15) is 0 Å². The highest BCUT2D eigenvalue weighted by molar-refractivity contribution is 6.31. The Kier molecular flexibility index (Phi) is 5.24. The first-order valence-corrected chi connectivity index (χ1v) is 11.2. The topological polar surface area (TPSA) is 78.8 Å². The highest BCUT2D eigenvalue weighted by atomic mass is 35.5. The molecule has 162 valence electrons. The Labute approximate surface area is 184 Å². The van der Waals surface area contributed by atoms with Crippen LogP contribution in [0.1, 0.15) is 25.8 Å². The van der Waals surface area contributed by atoms with Crippen LogP contribution >= 0.6 is 11.6 Å². The van der Waals surface area contributed by atoms with Gasteiger partial charge < -0.3 is 14.9 Å². The van der Waals surface area contributed by atoms with Crippen LogP contribution in [0.25, 0.3) is 22.1 Å². The third-order valence-electron chi connectivity index (χ3n) is 6.35. The molecule has 2 N–H and O–H groups in total. The van der Waals surface area contributed by atoms with Crippen molar-refractivity contribution in [3.63, 3.8) is 0 Å². The summed E-state index contributed by atoms with van der Waals surface area (Å²) in [6.45, 7) is 5.67. The Morgan fingerprint density at radius 2 is 1.71 bits per heavy atom. The van der Waals surface area contributed by atoms with E-state index in [4.69, 9.17) is 11.6 Å². The van der Waals surface area contributed by atoms with Gasteiger partial charge in [-0.1, -0.05) is 30.7 Å². The Bertz CT molecular complexity index is 1340. The summed E-state index contributed by atoms with van der Waals surface area (Å²) in [5.41, 5.74) is 3.42. The predicted octanol–water partition coefficient (Wildman–Crippen LogP) is 3.60. The number of rotatable bonds is 5. The number of imidazole rings is 2. The molecule has 5 rings (SSSR count). The lowest BCUT2D eigenvalue weighted by Crippen LogP contribution is -2.40. The number of aromatic amines is 2. The van der Waals surface area contributed by atoms with E-state index in [9.17, 15) is 9.59 Å². The summed E-state index contributed by atoms with van der Waals surface area (Å²) >= 11 is 6.06. The van der Waals surface area contributed by atoms with E-state index in [1.165, 1.54) is 0 Å². The van der Waals surface area contributed by atoms with Crippen LogP contribution < -0.4 is 11.4 Å². The molecule has 1 aliphatic heterocycles. The minimum absolute atomic E-state index is 0.0504. The first-order valence-electron chi connectivity index (χ1n) is 10.8. The van der Waals surface area contributed by atoms with Gasteiger partial charge in [-0.3, -0.25) is 9.13 Å². The molecule has 0 aliphatic carbocycles. The van der Waals surface area contributed by atoms with Gasteiger partial charge in [-0.05, 0) is 49.1 Å². The van der Waals surface area contributed by atoms with Crippen molar-refractivity contribution in [2.75, 3.05) is 19.6 Å². The fourth-order valence-electron chi connectivity index (χ4n) is 4.92. The van der Waals surface area contributed by atoms with Gasteiger partial charge in [0.05, 0.1) is 22.1 Å². The monoisotopic (exact) mass is 439 g/mol. The van der Waals surface area contributed by atoms with Gasteiger partial charge >= 0.3 is 11.4 Å². The van der Waals surface area contributed by atoms with Crippen LogP contribution in [0.5, 0.6) is 0 Å². The first kappa shape index (κ1) is 20.2. The number of nitrogens with one attached hydrogen (secondary N) is 2. The van der Waals surface area contributed by atoms with Crippen LogP contribution in [0, 0.1) is 5.92 Å². The van der Waals surface area contributed by atoms with Crippen molar-refractivity contribution in [2.24, 2.45) is 5.92 Å². The first-order chi connectivity index (χ1) is 15.0. The van der Waals surface area contributed by atoms with E-state index in [1.54, 1.807) is 6.07 Å². The summed E-state index contributed by atoms with van der Waals surface area (Å²) in [6.07, 6.45) is 1.85. The number of hydrogen-bond acceptors (Lipinski definition) is 3. The molecule has 1 aliphatic rings. The minimum atomic E-state index is -0.0669. The number of halogens is 1. The highest BCUT2D eigenvalue weighted by Gasteiger charge is 2.24. The van der Waals surface area contributed by atoms with Gasteiger partial charge in [-0.25, -0.2) is 9.59 Å². The Morgan fingerprint density at radius 3 is 2.52 bits per heavy atom. The molecule has 0 spiro atoms.